The molecular weight excluding hydrogens is 354 g/mol. The molecule has 1 aromatic heterocycles. The van der Waals surface area contributed by atoms with Gasteiger partial charge in [0.25, 0.3) is 0 Å². The van der Waals surface area contributed by atoms with Crippen molar-refractivity contribution < 1.29 is 10.2 Å². The van der Waals surface area contributed by atoms with Crippen molar-refractivity contribution in [3.63, 3.8) is 0 Å². The zero-order chi connectivity index (χ0) is 18.3. The number of aromatic amines is 1. The molecule has 0 bridgehead atoms. The summed E-state index contributed by atoms with van der Waals surface area (Å²) in [5.74, 6) is 0.455. The van der Waals surface area contributed by atoms with Gasteiger partial charge in [-0.25, -0.2) is 9.99 Å². The molecule has 0 aliphatic carbocycles. The lowest BCUT2D eigenvalue weighted by molar-refractivity contribution is 0.358. The summed E-state index contributed by atoms with van der Waals surface area (Å²) < 4.78 is 0. The predicted molar refractivity (Wildman–Crippen MR) is 101 cm³/mol. The number of nitrogens with one attached hydrogen (secondary N) is 2. The van der Waals surface area contributed by atoms with E-state index >= 15 is 0 Å². The number of aromatic nitrogens is 2. The molecule has 0 fully saturated rings. The van der Waals surface area contributed by atoms with Crippen LogP contribution in [0.3, 0.4) is 0 Å². The number of benzene rings is 2. The van der Waals surface area contributed by atoms with Crippen molar-refractivity contribution in [3.05, 3.63) is 64.6 Å². The number of imidazole rings is 1. The van der Waals surface area contributed by atoms with E-state index in [0.717, 1.165) is 11.0 Å². The largest absolute Gasteiger partial charge is 0.509 e. The average molecular weight is 368 g/mol. The van der Waals surface area contributed by atoms with Gasteiger partial charge in [0, 0.05) is 10.6 Å². The van der Waals surface area contributed by atoms with Crippen LogP contribution in [0.4, 0.5) is 0 Å². The summed E-state index contributed by atoms with van der Waals surface area (Å²) in [5, 5.41) is 34.4. The van der Waals surface area contributed by atoms with Gasteiger partial charge in [-0.15, -0.1) is 0 Å². The Morgan fingerprint density at radius 2 is 2.04 bits per heavy atom. The highest BCUT2D eigenvalue weighted by atomic mass is 35.5. The van der Waals surface area contributed by atoms with Gasteiger partial charge in [0.15, 0.2) is 5.84 Å². The summed E-state index contributed by atoms with van der Waals surface area (Å²) in [7, 11) is 0. The van der Waals surface area contributed by atoms with Crippen molar-refractivity contribution in [2.45, 2.75) is 0 Å². The van der Waals surface area contributed by atoms with E-state index in [0.29, 0.717) is 22.0 Å². The maximum atomic E-state index is 10.3. The molecule has 0 saturated heterocycles. The molecule has 8 heteroatoms. The number of phenols is 1. The molecule has 0 spiro atoms. The first-order chi connectivity index (χ1) is 12.5. The van der Waals surface area contributed by atoms with Crippen LogP contribution < -0.4 is 0 Å². The van der Waals surface area contributed by atoms with Crippen molar-refractivity contribution in [2.75, 3.05) is 6.54 Å². The average Bonchev–Trinajstić information content (AvgIpc) is 3.16. The van der Waals surface area contributed by atoms with Crippen LogP contribution in [0.2, 0.25) is 5.02 Å². The summed E-state index contributed by atoms with van der Waals surface area (Å²) in [6.07, 6.45) is 1.39. The van der Waals surface area contributed by atoms with Gasteiger partial charge in [-0.2, -0.15) is 5.10 Å². The number of hydrogen-bond donors (Lipinski definition) is 4. The van der Waals surface area contributed by atoms with Crippen LogP contribution in [-0.4, -0.2) is 43.8 Å². The fourth-order valence-electron chi connectivity index (χ4n) is 2.74. The Balaban J connectivity index is 1.62. The number of hydrazone groups is 1. The third-order valence-corrected chi connectivity index (χ3v) is 4.27. The molecule has 4 rings (SSSR count). The van der Waals surface area contributed by atoms with Crippen LogP contribution >= 0.6 is 11.6 Å². The SMILES string of the molecule is N=C1C(c2nc3ccccc3[nH]2)=C(O)CN1/N=C\c1cc(Cl)ccc1O. The minimum absolute atomic E-state index is 0.00141. The number of halogens is 1. The number of fused-ring (bicyclic) bond motifs is 1. The smallest absolute Gasteiger partial charge is 0.156 e. The summed E-state index contributed by atoms with van der Waals surface area (Å²) in [6.45, 7) is 0.0447. The number of aliphatic hydroxyl groups excluding tert-OH is 1. The molecule has 0 unspecified atom stereocenters. The second-order valence-corrected chi connectivity index (χ2v) is 6.21. The van der Waals surface area contributed by atoms with E-state index in [4.69, 9.17) is 17.0 Å². The minimum Gasteiger partial charge on any atom is -0.509 e. The van der Waals surface area contributed by atoms with Crippen LogP contribution in [0, 0.1) is 5.41 Å². The first-order valence-electron chi connectivity index (χ1n) is 7.79. The van der Waals surface area contributed by atoms with Crippen molar-refractivity contribution >= 4 is 40.3 Å². The molecule has 130 valence electrons. The van der Waals surface area contributed by atoms with E-state index in [-0.39, 0.29) is 23.9 Å². The molecule has 1 aliphatic rings. The van der Waals surface area contributed by atoms with Gasteiger partial charge < -0.3 is 15.2 Å². The van der Waals surface area contributed by atoms with E-state index in [1.54, 1.807) is 12.1 Å². The third-order valence-electron chi connectivity index (χ3n) is 4.03. The summed E-state index contributed by atoms with van der Waals surface area (Å²) >= 11 is 5.92. The molecule has 26 heavy (non-hydrogen) atoms. The first kappa shape index (κ1) is 16.2. The van der Waals surface area contributed by atoms with Crippen LogP contribution in [0.25, 0.3) is 16.6 Å². The van der Waals surface area contributed by atoms with E-state index in [9.17, 15) is 10.2 Å². The lowest BCUT2D eigenvalue weighted by Gasteiger charge is -2.11. The molecule has 2 heterocycles. The third kappa shape index (κ3) is 2.78. The minimum atomic E-state index is 0.00141. The Kier molecular flexibility index (Phi) is 3.85. The highest BCUT2D eigenvalue weighted by Gasteiger charge is 2.30. The normalized spacial score (nSPS) is 15.0. The van der Waals surface area contributed by atoms with E-state index in [1.165, 1.54) is 17.3 Å². The van der Waals surface area contributed by atoms with E-state index in [1.807, 2.05) is 24.3 Å². The zero-order valence-corrected chi connectivity index (χ0v) is 14.2. The van der Waals surface area contributed by atoms with Crippen LogP contribution in [-0.2, 0) is 0 Å². The van der Waals surface area contributed by atoms with Crippen LogP contribution in [0.15, 0.2) is 53.3 Å². The fraction of sp³-hybridized carbons (Fsp3) is 0.0556. The summed E-state index contributed by atoms with van der Waals surface area (Å²) in [6, 6.07) is 12.1. The van der Waals surface area contributed by atoms with Crippen molar-refractivity contribution in [2.24, 2.45) is 5.10 Å². The Morgan fingerprint density at radius 1 is 1.23 bits per heavy atom. The Bertz CT molecular complexity index is 1050. The number of rotatable bonds is 3. The highest BCUT2D eigenvalue weighted by molar-refractivity contribution is 6.31. The Morgan fingerprint density at radius 3 is 2.85 bits per heavy atom. The van der Waals surface area contributed by atoms with E-state index < -0.39 is 0 Å². The summed E-state index contributed by atoms with van der Waals surface area (Å²) in [5.41, 5.74) is 2.29. The molecule has 2 aromatic carbocycles. The lowest BCUT2D eigenvalue weighted by Crippen LogP contribution is -2.21. The lowest BCUT2D eigenvalue weighted by atomic mass is 10.2. The number of nitrogens with zero attached hydrogens (tertiary/aromatic N) is 3. The van der Waals surface area contributed by atoms with Crippen molar-refractivity contribution in [3.8, 4) is 5.75 Å². The molecule has 0 atom stereocenters. The van der Waals surface area contributed by atoms with Crippen LogP contribution in [0.1, 0.15) is 11.4 Å². The van der Waals surface area contributed by atoms with E-state index in [2.05, 4.69) is 15.1 Å². The first-order valence-corrected chi connectivity index (χ1v) is 8.17. The van der Waals surface area contributed by atoms with Gasteiger partial charge in [0.2, 0.25) is 0 Å². The number of aromatic hydroxyl groups is 1. The van der Waals surface area contributed by atoms with Gasteiger partial charge in [-0.1, -0.05) is 23.7 Å². The number of phenolic OH excluding ortho intramolecular Hbond substituents is 1. The van der Waals surface area contributed by atoms with Gasteiger partial charge in [-0.05, 0) is 30.3 Å². The number of amidine groups is 1. The molecule has 4 N–H and O–H groups in total. The summed E-state index contributed by atoms with van der Waals surface area (Å²) in [4.78, 5) is 7.53. The van der Waals surface area contributed by atoms with Crippen molar-refractivity contribution in [1.29, 1.82) is 5.41 Å². The Labute approximate surface area is 153 Å². The number of hydrogen-bond acceptors (Lipinski definition) is 5. The van der Waals surface area contributed by atoms with Crippen LogP contribution in [0.5, 0.6) is 5.75 Å². The maximum absolute atomic E-state index is 10.3. The number of aliphatic hydroxyl groups is 1. The molecule has 0 radical (unpaired) electrons. The molecule has 3 aromatic rings. The topological polar surface area (TPSA) is 109 Å². The fourth-order valence-corrected chi connectivity index (χ4v) is 2.93. The monoisotopic (exact) mass is 367 g/mol. The van der Waals surface area contributed by atoms with Gasteiger partial charge >= 0.3 is 0 Å². The number of H-pyrrole nitrogens is 1. The van der Waals surface area contributed by atoms with Gasteiger partial charge in [0.1, 0.15) is 29.5 Å². The molecule has 0 saturated carbocycles. The second-order valence-electron chi connectivity index (χ2n) is 5.78. The standard InChI is InChI=1S/C18H14ClN5O2/c19-11-5-6-14(25)10(7-11)8-21-24-9-15(26)16(17(24)20)18-22-12-3-1-2-4-13(12)23-18/h1-8,20,25-26H,9H2,(H,22,23)/b20-17?,21-8-. The molecule has 0 amide bonds. The number of para-hydroxylation sites is 2. The maximum Gasteiger partial charge on any atom is 0.156 e. The molecule has 1 aliphatic heterocycles. The quantitative estimate of drug-likeness (QED) is 0.531. The Hall–Kier alpha value is -3.32. The second kappa shape index (κ2) is 6.20. The molecular formula is C18H14ClN5O2. The van der Waals surface area contributed by atoms with Crippen molar-refractivity contribution in [1.82, 2.24) is 15.0 Å². The molecule has 7 nitrogen and oxygen atoms in total. The van der Waals surface area contributed by atoms with Gasteiger partial charge in [0.05, 0.1) is 17.2 Å². The zero-order valence-electron chi connectivity index (χ0n) is 13.4. The van der Waals surface area contributed by atoms with Gasteiger partial charge in [-0.3, -0.25) is 5.41 Å². The predicted octanol–water partition coefficient (Wildman–Crippen LogP) is 3.52. The highest BCUT2D eigenvalue weighted by Crippen LogP contribution is 2.27.